The lowest BCUT2D eigenvalue weighted by Crippen LogP contribution is -2.25. The summed E-state index contributed by atoms with van der Waals surface area (Å²) in [6.45, 7) is 2.43. The molecule has 0 saturated carbocycles. The van der Waals surface area contributed by atoms with Gasteiger partial charge in [-0.1, -0.05) is 19.8 Å². The molecule has 0 unspecified atom stereocenters. The van der Waals surface area contributed by atoms with Crippen LogP contribution >= 0.6 is 26.6 Å². The summed E-state index contributed by atoms with van der Waals surface area (Å²) in [6, 6.07) is 1.84. The summed E-state index contributed by atoms with van der Waals surface area (Å²) in [6.07, 6.45) is 2.72. The van der Waals surface area contributed by atoms with Crippen LogP contribution in [-0.4, -0.2) is 20.9 Å². The fraction of sp³-hybridized carbons (Fsp3) is 0.417. The zero-order valence-electron chi connectivity index (χ0n) is 10.8. The van der Waals surface area contributed by atoms with Gasteiger partial charge in [-0.3, -0.25) is 4.79 Å². The third kappa shape index (κ3) is 4.71. The molecule has 1 rings (SSSR count). The average molecular weight is 387 g/mol. The van der Waals surface area contributed by atoms with Crippen molar-refractivity contribution < 1.29 is 17.6 Å². The van der Waals surface area contributed by atoms with Crippen molar-refractivity contribution >= 4 is 41.6 Å². The minimum Gasteiger partial charge on any atom is -0.352 e. The molecule has 1 aromatic rings. The molecule has 0 atom stereocenters. The van der Waals surface area contributed by atoms with Gasteiger partial charge in [0.2, 0.25) is 0 Å². The standard InChI is InChI=1S/C12H14BrClFNO3S/c1-2-3-4-5-16-12(17)8-6-11(20(14,18)19)9(13)7-10(8)15/h6-7H,2-5H2,1H3,(H,16,17). The second-order valence-electron chi connectivity index (χ2n) is 4.16. The summed E-state index contributed by atoms with van der Waals surface area (Å²) >= 11 is 2.90. The Morgan fingerprint density at radius 3 is 2.60 bits per heavy atom. The predicted molar refractivity (Wildman–Crippen MR) is 79.0 cm³/mol. The van der Waals surface area contributed by atoms with Gasteiger partial charge in [0.15, 0.2) is 0 Å². The van der Waals surface area contributed by atoms with Gasteiger partial charge in [-0.25, -0.2) is 12.8 Å². The SMILES string of the molecule is CCCCCNC(=O)c1cc(S(=O)(=O)Cl)c(Br)cc1F. The van der Waals surface area contributed by atoms with Crippen LogP contribution in [0, 0.1) is 5.82 Å². The molecule has 1 amide bonds. The summed E-state index contributed by atoms with van der Waals surface area (Å²) in [7, 11) is 1.17. The molecule has 0 heterocycles. The van der Waals surface area contributed by atoms with Crippen molar-refractivity contribution in [2.45, 2.75) is 31.1 Å². The maximum absolute atomic E-state index is 13.7. The molecule has 1 aromatic carbocycles. The zero-order chi connectivity index (χ0) is 15.3. The lowest BCUT2D eigenvalue weighted by Gasteiger charge is -2.08. The molecule has 0 bridgehead atoms. The maximum Gasteiger partial charge on any atom is 0.262 e. The molecular formula is C12H14BrClFNO3S. The number of halogens is 3. The van der Waals surface area contributed by atoms with Gasteiger partial charge in [-0.15, -0.1) is 0 Å². The summed E-state index contributed by atoms with van der Waals surface area (Å²) in [5.41, 5.74) is -0.344. The van der Waals surface area contributed by atoms with Crippen molar-refractivity contribution in [3.8, 4) is 0 Å². The van der Waals surface area contributed by atoms with E-state index in [4.69, 9.17) is 10.7 Å². The highest BCUT2D eigenvalue weighted by Crippen LogP contribution is 2.28. The normalized spacial score (nSPS) is 11.4. The highest BCUT2D eigenvalue weighted by molar-refractivity contribution is 9.10. The van der Waals surface area contributed by atoms with E-state index in [1.807, 2.05) is 6.92 Å². The summed E-state index contributed by atoms with van der Waals surface area (Å²) in [5.74, 6) is -1.47. The molecule has 8 heteroatoms. The van der Waals surface area contributed by atoms with Gasteiger partial charge in [0.05, 0.1) is 10.5 Å². The van der Waals surface area contributed by atoms with Crippen LogP contribution in [-0.2, 0) is 9.05 Å². The van der Waals surface area contributed by atoms with Gasteiger partial charge in [0.1, 0.15) is 5.82 Å². The number of hydrogen-bond donors (Lipinski definition) is 1. The van der Waals surface area contributed by atoms with E-state index >= 15 is 0 Å². The molecule has 0 saturated heterocycles. The average Bonchev–Trinajstić information content (AvgIpc) is 2.32. The van der Waals surface area contributed by atoms with E-state index in [0.717, 1.165) is 31.4 Å². The zero-order valence-corrected chi connectivity index (χ0v) is 13.9. The fourth-order valence-corrected chi connectivity index (χ4v) is 3.73. The molecular weight excluding hydrogens is 373 g/mol. The Hall–Kier alpha value is -0.660. The van der Waals surface area contributed by atoms with E-state index in [0.29, 0.717) is 6.54 Å². The van der Waals surface area contributed by atoms with Crippen LogP contribution in [0.5, 0.6) is 0 Å². The fourth-order valence-electron chi connectivity index (χ4n) is 1.56. The molecule has 20 heavy (non-hydrogen) atoms. The van der Waals surface area contributed by atoms with Crippen LogP contribution in [0.3, 0.4) is 0 Å². The molecule has 0 radical (unpaired) electrons. The lowest BCUT2D eigenvalue weighted by atomic mass is 10.2. The smallest absolute Gasteiger partial charge is 0.262 e. The molecule has 0 spiro atoms. The van der Waals surface area contributed by atoms with E-state index in [9.17, 15) is 17.6 Å². The van der Waals surface area contributed by atoms with Gasteiger partial charge in [0.25, 0.3) is 15.0 Å². The third-order valence-corrected chi connectivity index (χ3v) is 4.88. The second kappa shape index (κ2) is 7.38. The van der Waals surface area contributed by atoms with Gasteiger partial charge in [0, 0.05) is 21.7 Å². The van der Waals surface area contributed by atoms with Crippen LogP contribution < -0.4 is 5.32 Å². The number of nitrogens with one attached hydrogen (secondary N) is 1. The number of benzene rings is 1. The highest BCUT2D eigenvalue weighted by atomic mass is 79.9. The van der Waals surface area contributed by atoms with Gasteiger partial charge in [-0.2, -0.15) is 0 Å². The number of hydrogen-bond acceptors (Lipinski definition) is 3. The number of unbranched alkanes of at least 4 members (excludes halogenated alkanes) is 2. The minimum absolute atomic E-state index is 0.0208. The Labute approximate surface area is 130 Å². The third-order valence-electron chi connectivity index (χ3n) is 2.59. The second-order valence-corrected chi connectivity index (χ2v) is 7.55. The molecule has 0 aromatic heterocycles. The number of carbonyl (C=O) groups is 1. The van der Waals surface area contributed by atoms with Crippen molar-refractivity contribution in [1.82, 2.24) is 5.32 Å². The summed E-state index contributed by atoms with van der Waals surface area (Å²) in [5, 5.41) is 2.54. The molecule has 1 N–H and O–H groups in total. The van der Waals surface area contributed by atoms with Gasteiger partial charge >= 0.3 is 0 Å². The number of carbonyl (C=O) groups excluding carboxylic acids is 1. The molecule has 0 aliphatic rings. The highest BCUT2D eigenvalue weighted by Gasteiger charge is 2.21. The van der Waals surface area contributed by atoms with Crippen LogP contribution in [0.15, 0.2) is 21.5 Å². The van der Waals surface area contributed by atoms with E-state index in [2.05, 4.69) is 21.2 Å². The first kappa shape index (κ1) is 17.4. The van der Waals surface area contributed by atoms with E-state index < -0.39 is 20.8 Å². The maximum atomic E-state index is 13.7. The molecule has 0 aliphatic heterocycles. The first-order valence-corrected chi connectivity index (χ1v) is 9.09. The van der Waals surface area contributed by atoms with Crippen molar-refractivity contribution in [2.24, 2.45) is 0 Å². The first-order chi connectivity index (χ1) is 9.27. The van der Waals surface area contributed by atoms with Crippen molar-refractivity contribution in [3.05, 3.63) is 28.0 Å². The largest absolute Gasteiger partial charge is 0.352 e. The first-order valence-electron chi connectivity index (χ1n) is 5.99. The van der Waals surface area contributed by atoms with Crippen molar-refractivity contribution in [2.75, 3.05) is 6.54 Å². The van der Waals surface area contributed by atoms with E-state index in [-0.39, 0.29) is 14.9 Å². The van der Waals surface area contributed by atoms with Crippen LogP contribution in [0.2, 0.25) is 0 Å². The topological polar surface area (TPSA) is 63.2 Å². The summed E-state index contributed by atoms with van der Waals surface area (Å²) in [4.78, 5) is 11.5. The lowest BCUT2D eigenvalue weighted by molar-refractivity contribution is 0.0948. The van der Waals surface area contributed by atoms with E-state index in [1.54, 1.807) is 0 Å². The quantitative estimate of drug-likeness (QED) is 0.602. The Morgan fingerprint density at radius 1 is 1.40 bits per heavy atom. The van der Waals surface area contributed by atoms with Gasteiger partial charge in [-0.05, 0) is 34.5 Å². The number of rotatable bonds is 6. The Bertz CT molecular complexity index is 607. The minimum atomic E-state index is -4.06. The Morgan fingerprint density at radius 2 is 2.05 bits per heavy atom. The van der Waals surface area contributed by atoms with Crippen LogP contribution in [0.25, 0.3) is 0 Å². The predicted octanol–water partition coefficient (Wildman–Crippen LogP) is 3.44. The van der Waals surface area contributed by atoms with Crippen molar-refractivity contribution in [1.29, 1.82) is 0 Å². The van der Waals surface area contributed by atoms with Gasteiger partial charge < -0.3 is 5.32 Å². The monoisotopic (exact) mass is 385 g/mol. The number of amides is 1. The Balaban J connectivity index is 2.98. The molecule has 112 valence electrons. The van der Waals surface area contributed by atoms with Crippen LogP contribution in [0.4, 0.5) is 4.39 Å². The molecule has 4 nitrogen and oxygen atoms in total. The Kier molecular flexibility index (Phi) is 6.42. The summed E-state index contributed by atoms with van der Waals surface area (Å²) < 4.78 is 36.3. The van der Waals surface area contributed by atoms with E-state index in [1.165, 1.54) is 0 Å². The molecule has 0 aliphatic carbocycles. The van der Waals surface area contributed by atoms with Crippen LogP contribution in [0.1, 0.15) is 36.5 Å². The molecule has 0 fully saturated rings. The van der Waals surface area contributed by atoms with Crippen molar-refractivity contribution in [3.63, 3.8) is 0 Å².